The summed E-state index contributed by atoms with van der Waals surface area (Å²) in [6.07, 6.45) is 6.14. The van der Waals surface area contributed by atoms with Gasteiger partial charge in [0.1, 0.15) is 11.5 Å². The highest BCUT2D eigenvalue weighted by molar-refractivity contribution is 9.10. The maximum absolute atomic E-state index is 12.1. The first kappa shape index (κ1) is 19.3. The molecule has 0 atom stereocenters. The second-order valence-electron chi connectivity index (χ2n) is 5.65. The van der Waals surface area contributed by atoms with Crippen LogP contribution in [0.25, 0.3) is 12.2 Å². The molecular weight excluding hydrogens is 472 g/mol. The number of hydrogen-bond donors (Lipinski definition) is 0. The Labute approximate surface area is 173 Å². The van der Waals surface area contributed by atoms with Crippen molar-refractivity contribution in [3.63, 3.8) is 0 Å². The van der Waals surface area contributed by atoms with Crippen molar-refractivity contribution in [2.45, 2.75) is 0 Å². The van der Waals surface area contributed by atoms with Gasteiger partial charge in [-0.25, -0.2) is 0 Å². The third kappa shape index (κ3) is 5.49. The van der Waals surface area contributed by atoms with Crippen LogP contribution in [0.2, 0.25) is 0 Å². The number of carbonyl (C=O) groups is 2. The molecule has 0 amide bonds. The Morgan fingerprint density at radius 3 is 1.37 bits per heavy atom. The lowest BCUT2D eigenvalue weighted by Gasteiger charge is -1.95. The van der Waals surface area contributed by atoms with E-state index in [9.17, 15) is 9.59 Å². The van der Waals surface area contributed by atoms with Gasteiger partial charge in [0.05, 0.1) is 0 Å². The summed E-state index contributed by atoms with van der Waals surface area (Å²) in [7, 11) is 0. The van der Waals surface area contributed by atoms with E-state index in [1.165, 1.54) is 12.2 Å². The molecule has 134 valence electrons. The van der Waals surface area contributed by atoms with Crippen LogP contribution >= 0.6 is 31.9 Å². The van der Waals surface area contributed by atoms with E-state index < -0.39 is 0 Å². The van der Waals surface area contributed by atoms with Crippen LogP contribution in [0, 0.1) is 0 Å². The van der Waals surface area contributed by atoms with E-state index in [0.29, 0.717) is 22.6 Å². The van der Waals surface area contributed by atoms with E-state index >= 15 is 0 Å². The molecule has 0 fully saturated rings. The van der Waals surface area contributed by atoms with Gasteiger partial charge in [-0.2, -0.15) is 0 Å². The second-order valence-corrected chi connectivity index (χ2v) is 7.48. The highest BCUT2D eigenvalue weighted by Gasteiger charge is 2.04. The SMILES string of the molecule is O=C(/C=C\c1ccc(/C=C/C(=O)c2ccc(Br)cc2)o1)c1ccc(Br)cc1. The van der Waals surface area contributed by atoms with Gasteiger partial charge in [0.15, 0.2) is 11.6 Å². The molecule has 3 aromatic rings. The summed E-state index contributed by atoms with van der Waals surface area (Å²) < 4.78 is 7.44. The molecule has 3 rings (SSSR count). The first-order valence-corrected chi connectivity index (χ1v) is 9.66. The molecule has 3 nitrogen and oxygen atoms in total. The number of halogens is 2. The van der Waals surface area contributed by atoms with E-state index in [2.05, 4.69) is 31.9 Å². The highest BCUT2D eigenvalue weighted by atomic mass is 79.9. The van der Waals surface area contributed by atoms with Crippen molar-refractivity contribution in [2.24, 2.45) is 0 Å². The summed E-state index contributed by atoms with van der Waals surface area (Å²) >= 11 is 6.68. The molecule has 0 saturated heterocycles. The zero-order valence-corrected chi connectivity index (χ0v) is 17.2. The van der Waals surface area contributed by atoms with Crippen LogP contribution in [0.3, 0.4) is 0 Å². The molecule has 0 spiro atoms. The van der Waals surface area contributed by atoms with Crippen LogP contribution in [0.1, 0.15) is 32.2 Å². The summed E-state index contributed by atoms with van der Waals surface area (Å²) in [5.41, 5.74) is 1.20. The number of ketones is 2. The molecule has 1 aromatic heterocycles. The number of furan rings is 1. The number of carbonyl (C=O) groups excluding carboxylic acids is 2. The van der Waals surface area contributed by atoms with Gasteiger partial charge in [-0.3, -0.25) is 9.59 Å². The molecule has 0 aliphatic rings. The van der Waals surface area contributed by atoms with E-state index in [1.54, 1.807) is 48.6 Å². The van der Waals surface area contributed by atoms with Gasteiger partial charge in [0, 0.05) is 20.1 Å². The maximum atomic E-state index is 12.1. The third-order valence-electron chi connectivity index (χ3n) is 3.70. The van der Waals surface area contributed by atoms with Crippen molar-refractivity contribution in [3.05, 3.63) is 104 Å². The van der Waals surface area contributed by atoms with Crippen LogP contribution in [-0.4, -0.2) is 11.6 Å². The Morgan fingerprint density at radius 2 is 1.00 bits per heavy atom. The lowest BCUT2D eigenvalue weighted by molar-refractivity contribution is 0.103. The molecule has 0 unspecified atom stereocenters. The van der Waals surface area contributed by atoms with E-state index in [4.69, 9.17) is 4.42 Å². The fourth-order valence-electron chi connectivity index (χ4n) is 2.28. The van der Waals surface area contributed by atoms with E-state index in [0.717, 1.165) is 8.95 Å². The van der Waals surface area contributed by atoms with E-state index in [-0.39, 0.29) is 11.6 Å². The Bertz CT molecular complexity index is 928. The molecule has 5 heteroatoms. The molecule has 0 aliphatic carbocycles. The van der Waals surface area contributed by atoms with Gasteiger partial charge in [0.2, 0.25) is 0 Å². The minimum absolute atomic E-state index is 0.110. The van der Waals surface area contributed by atoms with Crippen LogP contribution < -0.4 is 0 Å². The Balaban J connectivity index is 1.64. The first-order valence-electron chi connectivity index (χ1n) is 8.07. The quantitative estimate of drug-likeness (QED) is 0.292. The third-order valence-corrected chi connectivity index (χ3v) is 4.76. The van der Waals surface area contributed by atoms with Crippen LogP contribution in [0.15, 0.2) is 86.2 Å². The maximum Gasteiger partial charge on any atom is 0.185 e. The van der Waals surface area contributed by atoms with Crippen molar-refractivity contribution >= 4 is 55.6 Å². The summed E-state index contributed by atoms with van der Waals surface area (Å²) in [6.45, 7) is 0. The molecule has 0 aliphatic heterocycles. The Morgan fingerprint density at radius 1 is 0.630 bits per heavy atom. The minimum atomic E-state index is -0.110. The number of hydrogen-bond acceptors (Lipinski definition) is 3. The zero-order valence-electron chi connectivity index (χ0n) is 14.1. The van der Waals surface area contributed by atoms with Gasteiger partial charge in [0.25, 0.3) is 0 Å². The van der Waals surface area contributed by atoms with Crippen molar-refractivity contribution in [1.29, 1.82) is 0 Å². The summed E-state index contributed by atoms with van der Waals surface area (Å²) in [4.78, 5) is 24.3. The van der Waals surface area contributed by atoms with Crippen molar-refractivity contribution in [3.8, 4) is 0 Å². The van der Waals surface area contributed by atoms with Gasteiger partial charge in [-0.1, -0.05) is 31.9 Å². The zero-order chi connectivity index (χ0) is 19.2. The smallest absolute Gasteiger partial charge is 0.185 e. The number of rotatable bonds is 6. The Hall–Kier alpha value is -2.50. The van der Waals surface area contributed by atoms with Crippen LogP contribution in [0.4, 0.5) is 0 Å². The lowest BCUT2D eigenvalue weighted by Crippen LogP contribution is -1.93. The largest absolute Gasteiger partial charge is 0.457 e. The topological polar surface area (TPSA) is 47.3 Å². The monoisotopic (exact) mass is 484 g/mol. The molecule has 0 bridgehead atoms. The van der Waals surface area contributed by atoms with Gasteiger partial charge in [-0.05, 0) is 85.0 Å². The second kappa shape index (κ2) is 8.93. The van der Waals surface area contributed by atoms with Crippen LogP contribution in [0.5, 0.6) is 0 Å². The van der Waals surface area contributed by atoms with Gasteiger partial charge < -0.3 is 4.42 Å². The fraction of sp³-hybridized carbons (Fsp3) is 0. The van der Waals surface area contributed by atoms with Crippen molar-refractivity contribution in [1.82, 2.24) is 0 Å². The molecular formula is C22H14Br2O3. The van der Waals surface area contributed by atoms with Crippen molar-refractivity contribution < 1.29 is 14.0 Å². The minimum Gasteiger partial charge on any atom is -0.457 e. The predicted octanol–water partition coefficient (Wildman–Crippen LogP) is 6.60. The molecule has 0 saturated carbocycles. The average Bonchev–Trinajstić information content (AvgIpc) is 3.13. The first-order chi connectivity index (χ1) is 13.0. The normalized spacial score (nSPS) is 11.3. The predicted molar refractivity (Wildman–Crippen MR) is 114 cm³/mol. The molecule has 0 radical (unpaired) electrons. The fourth-order valence-corrected chi connectivity index (χ4v) is 2.81. The summed E-state index contributed by atoms with van der Waals surface area (Å²) in [6, 6.07) is 17.8. The number of benzene rings is 2. The highest BCUT2D eigenvalue weighted by Crippen LogP contribution is 2.15. The van der Waals surface area contributed by atoms with Crippen LogP contribution in [-0.2, 0) is 0 Å². The lowest BCUT2D eigenvalue weighted by atomic mass is 10.1. The molecule has 1 heterocycles. The molecule has 27 heavy (non-hydrogen) atoms. The van der Waals surface area contributed by atoms with Gasteiger partial charge >= 0.3 is 0 Å². The Kier molecular flexibility index (Phi) is 6.37. The standard InChI is InChI=1S/C22H14Br2O3/c23-17-5-1-15(2-6-17)21(25)13-11-19-9-10-20(27-19)12-14-22(26)16-3-7-18(24)8-4-16/h1-14H/b13-11-,14-12+. The van der Waals surface area contributed by atoms with E-state index in [1.807, 2.05) is 24.3 Å². The average molecular weight is 486 g/mol. The van der Waals surface area contributed by atoms with Gasteiger partial charge in [-0.15, -0.1) is 0 Å². The number of allylic oxidation sites excluding steroid dienone is 2. The van der Waals surface area contributed by atoms with Crippen molar-refractivity contribution in [2.75, 3.05) is 0 Å². The molecule has 2 aromatic carbocycles. The summed E-state index contributed by atoms with van der Waals surface area (Å²) in [5.74, 6) is 0.857. The summed E-state index contributed by atoms with van der Waals surface area (Å²) in [5, 5.41) is 0. The molecule has 0 N–H and O–H groups in total.